The number of halogens is 2. The molecule has 1 aromatic heterocycles. The van der Waals surface area contributed by atoms with Crippen LogP contribution in [0.4, 0.5) is 4.39 Å². The Hall–Kier alpha value is 0.0700. The van der Waals surface area contributed by atoms with Crippen LogP contribution in [0.25, 0.3) is 0 Å². The quantitative estimate of drug-likeness (QED) is 0.902. The fourth-order valence-corrected chi connectivity index (χ4v) is 2.94. The highest BCUT2D eigenvalue weighted by Gasteiger charge is 2.41. The molecule has 2 N–H and O–H groups in total. The molecule has 0 spiro atoms. The first-order valence-corrected chi connectivity index (χ1v) is 6.58. The Balaban J connectivity index is 2.92. The standard InChI is InChI=1S/C11H17BrFNS/c1-10(2,3)11(13,7-14)6-9-8(12)4-5-15-9/h4-5H,6-7,14H2,1-3H3. The Bertz CT molecular complexity index is 332. The molecule has 1 heterocycles. The van der Waals surface area contributed by atoms with Crippen LogP contribution in [-0.4, -0.2) is 12.2 Å². The molecule has 0 bridgehead atoms. The van der Waals surface area contributed by atoms with Crippen molar-refractivity contribution in [2.24, 2.45) is 11.1 Å². The average Bonchev–Trinajstić information content (AvgIpc) is 2.50. The predicted molar refractivity (Wildman–Crippen MR) is 68.1 cm³/mol. The molecular weight excluding hydrogens is 277 g/mol. The van der Waals surface area contributed by atoms with E-state index in [9.17, 15) is 4.39 Å². The van der Waals surface area contributed by atoms with Gasteiger partial charge in [0.1, 0.15) is 5.67 Å². The van der Waals surface area contributed by atoms with Gasteiger partial charge in [0.25, 0.3) is 0 Å². The molecule has 86 valence electrons. The summed E-state index contributed by atoms with van der Waals surface area (Å²) < 4.78 is 15.6. The summed E-state index contributed by atoms with van der Waals surface area (Å²) in [6.07, 6.45) is 0.380. The number of hydrogen-bond acceptors (Lipinski definition) is 2. The van der Waals surface area contributed by atoms with Crippen LogP contribution < -0.4 is 5.73 Å². The Morgan fingerprint density at radius 1 is 1.47 bits per heavy atom. The Kier molecular flexibility index (Phi) is 3.95. The second-order valence-corrected chi connectivity index (χ2v) is 6.64. The highest BCUT2D eigenvalue weighted by molar-refractivity contribution is 9.10. The largest absolute Gasteiger partial charge is 0.327 e. The first-order valence-electron chi connectivity index (χ1n) is 4.91. The first-order chi connectivity index (χ1) is 6.80. The van der Waals surface area contributed by atoms with E-state index in [1.807, 2.05) is 32.2 Å². The summed E-state index contributed by atoms with van der Waals surface area (Å²) in [7, 11) is 0. The van der Waals surface area contributed by atoms with Crippen molar-refractivity contribution in [3.8, 4) is 0 Å². The fraction of sp³-hybridized carbons (Fsp3) is 0.636. The van der Waals surface area contributed by atoms with Crippen LogP contribution in [0, 0.1) is 5.41 Å². The Morgan fingerprint density at radius 2 is 2.07 bits per heavy atom. The van der Waals surface area contributed by atoms with Gasteiger partial charge >= 0.3 is 0 Å². The second-order valence-electron chi connectivity index (χ2n) is 4.79. The topological polar surface area (TPSA) is 26.0 Å². The van der Waals surface area contributed by atoms with Crippen LogP contribution in [0.5, 0.6) is 0 Å². The highest BCUT2D eigenvalue weighted by atomic mass is 79.9. The molecule has 1 unspecified atom stereocenters. The normalized spacial score (nSPS) is 16.4. The molecule has 0 radical (unpaired) electrons. The van der Waals surface area contributed by atoms with E-state index in [2.05, 4.69) is 15.9 Å². The molecular formula is C11H17BrFNS. The van der Waals surface area contributed by atoms with E-state index < -0.39 is 11.1 Å². The summed E-state index contributed by atoms with van der Waals surface area (Å²) in [5.74, 6) is 0. The monoisotopic (exact) mass is 293 g/mol. The molecule has 1 rings (SSSR count). The predicted octanol–water partition coefficient (Wildman–Crippen LogP) is 3.77. The maximum absolute atomic E-state index is 14.6. The van der Waals surface area contributed by atoms with E-state index in [-0.39, 0.29) is 6.54 Å². The first kappa shape index (κ1) is 13.1. The summed E-state index contributed by atoms with van der Waals surface area (Å²) in [4.78, 5) is 1.03. The van der Waals surface area contributed by atoms with Crippen molar-refractivity contribution in [3.63, 3.8) is 0 Å². The molecule has 4 heteroatoms. The maximum atomic E-state index is 14.6. The maximum Gasteiger partial charge on any atom is 0.132 e. The van der Waals surface area contributed by atoms with Gasteiger partial charge in [0.2, 0.25) is 0 Å². The second kappa shape index (κ2) is 4.52. The zero-order chi connectivity index (χ0) is 11.7. The third-order valence-electron chi connectivity index (χ3n) is 2.80. The smallest absolute Gasteiger partial charge is 0.132 e. The van der Waals surface area contributed by atoms with Gasteiger partial charge in [-0.15, -0.1) is 11.3 Å². The molecule has 1 atom stereocenters. The third-order valence-corrected chi connectivity index (χ3v) is 4.73. The van der Waals surface area contributed by atoms with Crippen LogP contribution in [-0.2, 0) is 6.42 Å². The lowest BCUT2D eigenvalue weighted by atomic mass is 9.75. The van der Waals surface area contributed by atoms with E-state index in [4.69, 9.17) is 5.73 Å². The molecule has 0 saturated heterocycles. The minimum atomic E-state index is -1.35. The van der Waals surface area contributed by atoms with E-state index in [0.29, 0.717) is 6.42 Å². The zero-order valence-corrected chi connectivity index (χ0v) is 11.7. The molecule has 1 aromatic rings. The van der Waals surface area contributed by atoms with Gasteiger partial charge in [-0.05, 0) is 32.8 Å². The van der Waals surface area contributed by atoms with Gasteiger partial charge in [0.15, 0.2) is 0 Å². The van der Waals surface area contributed by atoms with E-state index in [1.54, 1.807) is 11.3 Å². The lowest BCUT2D eigenvalue weighted by Crippen LogP contribution is -2.46. The average molecular weight is 294 g/mol. The minimum absolute atomic E-state index is 0.0564. The van der Waals surface area contributed by atoms with Gasteiger partial charge in [0.05, 0.1) is 0 Å². The molecule has 0 amide bonds. The van der Waals surface area contributed by atoms with E-state index in [0.717, 1.165) is 9.35 Å². The molecule has 0 fully saturated rings. The highest BCUT2D eigenvalue weighted by Crippen LogP contribution is 2.39. The molecule has 0 aliphatic carbocycles. The van der Waals surface area contributed by atoms with Crippen LogP contribution in [0.3, 0.4) is 0 Å². The van der Waals surface area contributed by atoms with Crippen LogP contribution in [0.1, 0.15) is 25.6 Å². The summed E-state index contributed by atoms with van der Waals surface area (Å²) in [5, 5.41) is 1.96. The summed E-state index contributed by atoms with van der Waals surface area (Å²) in [6.45, 7) is 5.73. The number of hydrogen-bond donors (Lipinski definition) is 1. The van der Waals surface area contributed by atoms with Gasteiger partial charge in [-0.2, -0.15) is 0 Å². The summed E-state index contributed by atoms with van der Waals surface area (Å²) in [5.41, 5.74) is 3.79. The van der Waals surface area contributed by atoms with Crippen molar-refractivity contribution in [3.05, 3.63) is 20.8 Å². The molecule has 1 nitrogen and oxygen atoms in total. The number of alkyl halides is 1. The van der Waals surface area contributed by atoms with Crippen LogP contribution >= 0.6 is 27.3 Å². The lowest BCUT2D eigenvalue weighted by Gasteiger charge is -2.36. The lowest BCUT2D eigenvalue weighted by molar-refractivity contribution is 0.0389. The van der Waals surface area contributed by atoms with Crippen molar-refractivity contribution < 1.29 is 4.39 Å². The molecule has 0 aliphatic rings. The molecule has 15 heavy (non-hydrogen) atoms. The van der Waals surface area contributed by atoms with Crippen molar-refractivity contribution in [2.45, 2.75) is 32.9 Å². The summed E-state index contributed by atoms with van der Waals surface area (Å²) >= 11 is 4.98. The number of rotatable bonds is 3. The van der Waals surface area contributed by atoms with Gasteiger partial charge in [-0.1, -0.05) is 20.8 Å². The number of thiophene rings is 1. The fourth-order valence-electron chi connectivity index (χ4n) is 1.35. The summed E-state index contributed by atoms with van der Waals surface area (Å²) in [6, 6.07) is 1.94. The zero-order valence-electron chi connectivity index (χ0n) is 9.31. The molecule has 0 aliphatic heterocycles. The van der Waals surface area contributed by atoms with Crippen molar-refractivity contribution in [2.75, 3.05) is 6.54 Å². The van der Waals surface area contributed by atoms with Crippen molar-refractivity contribution in [1.29, 1.82) is 0 Å². The van der Waals surface area contributed by atoms with Crippen molar-refractivity contribution >= 4 is 27.3 Å². The van der Waals surface area contributed by atoms with Gasteiger partial charge in [-0.3, -0.25) is 0 Å². The third kappa shape index (κ3) is 2.80. The minimum Gasteiger partial charge on any atom is -0.327 e. The Morgan fingerprint density at radius 3 is 2.40 bits per heavy atom. The van der Waals surface area contributed by atoms with Crippen LogP contribution in [0.2, 0.25) is 0 Å². The van der Waals surface area contributed by atoms with Crippen LogP contribution in [0.15, 0.2) is 15.9 Å². The van der Waals surface area contributed by atoms with Gasteiger partial charge in [0, 0.05) is 22.3 Å². The van der Waals surface area contributed by atoms with Gasteiger partial charge in [-0.25, -0.2) is 4.39 Å². The Labute approximate surface area is 103 Å². The van der Waals surface area contributed by atoms with Crippen molar-refractivity contribution in [1.82, 2.24) is 0 Å². The SMILES string of the molecule is CC(C)(C)C(F)(CN)Cc1sccc1Br. The molecule has 0 aromatic carbocycles. The van der Waals surface area contributed by atoms with E-state index >= 15 is 0 Å². The van der Waals surface area contributed by atoms with Gasteiger partial charge < -0.3 is 5.73 Å². The number of nitrogens with two attached hydrogens (primary N) is 1. The van der Waals surface area contributed by atoms with E-state index in [1.165, 1.54) is 0 Å². The molecule has 0 saturated carbocycles.